The summed E-state index contributed by atoms with van der Waals surface area (Å²) in [4.78, 5) is 39.4. The Hall–Kier alpha value is -1.31. The number of rotatable bonds is 8. The van der Waals surface area contributed by atoms with Gasteiger partial charge < -0.3 is 29.5 Å². The van der Waals surface area contributed by atoms with Gasteiger partial charge in [-0.2, -0.15) is 0 Å². The Morgan fingerprint density at radius 2 is 1.74 bits per heavy atom. The van der Waals surface area contributed by atoms with Gasteiger partial charge in [0.2, 0.25) is 5.34 Å². The Balaban J connectivity index is 5.06. The smallest absolute Gasteiger partial charge is 0.450 e. The van der Waals surface area contributed by atoms with Crippen LogP contribution in [-0.4, -0.2) is 44.3 Å². The van der Waals surface area contributed by atoms with Crippen LogP contribution in [0, 0.1) is 0 Å². The fourth-order valence-corrected chi connectivity index (χ4v) is 2.52. The van der Waals surface area contributed by atoms with Crippen molar-refractivity contribution < 1.29 is 43.6 Å². The number of hydrogen-bond donors (Lipinski definition) is 4. The average molecular weight is 300 g/mol. The van der Waals surface area contributed by atoms with E-state index in [9.17, 15) is 23.9 Å². The first-order valence-corrected chi connectivity index (χ1v) is 7.09. The monoisotopic (exact) mass is 300 g/mol. The largest absolute Gasteiger partial charge is 0.506 e. The molecule has 0 amide bonds. The first-order valence-electron chi connectivity index (χ1n) is 5.48. The summed E-state index contributed by atoms with van der Waals surface area (Å²) in [5, 5.41) is 14.6. The van der Waals surface area contributed by atoms with Gasteiger partial charge in [0.05, 0.1) is 6.61 Å². The molecule has 0 fully saturated rings. The lowest BCUT2D eigenvalue weighted by Crippen LogP contribution is -2.36. The van der Waals surface area contributed by atoms with E-state index in [2.05, 4.69) is 9.47 Å². The minimum absolute atomic E-state index is 0.219. The first kappa shape index (κ1) is 17.7. The van der Waals surface area contributed by atoms with Crippen molar-refractivity contribution in [2.45, 2.75) is 37.9 Å². The normalized spacial score (nSPS) is 14.5. The van der Waals surface area contributed by atoms with Gasteiger partial charge in [-0.3, -0.25) is 4.57 Å². The van der Waals surface area contributed by atoms with Gasteiger partial charge >= 0.3 is 19.9 Å². The molecule has 0 saturated carbocycles. The minimum atomic E-state index is -4.93. The summed E-state index contributed by atoms with van der Waals surface area (Å²) < 4.78 is 20.0. The minimum Gasteiger partial charge on any atom is -0.450 e. The topological polar surface area (TPSA) is 151 Å². The van der Waals surface area contributed by atoms with E-state index in [4.69, 9.17) is 10.2 Å². The highest BCUT2D eigenvalue weighted by atomic mass is 31.2. The van der Waals surface area contributed by atoms with Crippen LogP contribution in [0.25, 0.3) is 0 Å². The second-order valence-corrected chi connectivity index (χ2v) is 5.73. The molecular weight excluding hydrogens is 283 g/mol. The van der Waals surface area contributed by atoms with Crippen molar-refractivity contribution in [2.75, 3.05) is 6.61 Å². The fourth-order valence-electron chi connectivity index (χ4n) is 1.49. The van der Waals surface area contributed by atoms with Crippen molar-refractivity contribution in [2.24, 2.45) is 0 Å². The third-order valence-electron chi connectivity index (χ3n) is 2.45. The standard InChI is InChI=1S/C9H17O9P/c1-2-3-4-9(18-8(12)13,19(14,15)16)5-6-17-7(10)11/h2-6H2,1H3,(H,10,11)(H,12,13)(H2,14,15,16). The molecule has 0 radical (unpaired) electrons. The lowest BCUT2D eigenvalue weighted by Gasteiger charge is -2.32. The van der Waals surface area contributed by atoms with Crippen molar-refractivity contribution in [1.82, 2.24) is 0 Å². The van der Waals surface area contributed by atoms with Crippen molar-refractivity contribution >= 4 is 19.9 Å². The zero-order chi connectivity index (χ0) is 15.1. The molecule has 19 heavy (non-hydrogen) atoms. The van der Waals surface area contributed by atoms with Gasteiger partial charge in [-0.05, 0) is 12.8 Å². The maximum atomic E-state index is 11.5. The van der Waals surface area contributed by atoms with E-state index in [0.717, 1.165) is 0 Å². The van der Waals surface area contributed by atoms with Gasteiger partial charge in [0, 0.05) is 6.42 Å². The van der Waals surface area contributed by atoms with Gasteiger partial charge in [-0.25, -0.2) is 9.59 Å². The molecule has 0 rings (SSSR count). The molecule has 112 valence electrons. The molecule has 9 nitrogen and oxygen atoms in total. The summed E-state index contributed by atoms with van der Waals surface area (Å²) in [6.07, 6.45) is -3.35. The molecule has 0 aliphatic carbocycles. The second-order valence-electron chi connectivity index (χ2n) is 3.83. The van der Waals surface area contributed by atoms with E-state index in [-0.39, 0.29) is 6.42 Å². The van der Waals surface area contributed by atoms with Gasteiger partial charge in [0.15, 0.2) is 0 Å². The summed E-state index contributed by atoms with van der Waals surface area (Å²) in [6, 6.07) is 0. The Morgan fingerprint density at radius 1 is 1.16 bits per heavy atom. The lowest BCUT2D eigenvalue weighted by atomic mass is 10.1. The summed E-state index contributed by atoms with van der Waals surface area (Å²) in [7, 11) is -4.93. The predicted molar refractivity (Wildman–Crippen MR) is 62.0 cm³/mol. The van der Waals surface area contributed by atoms with Crippen LogP contribution in [0.5, 0.6) is 0 Å². The number of carboxylic acid groups (broad SMARTS) is 2. The van der Waals surface area contributed by atoms with Crippen molar-refractivity contribution in [1.29, 1.82) is 0 Å². The second kappa shape index (κ2) is 7.32. The summed E-state index contributed by atoms with van der Waals surface area (Å²) in [5.41, 5.74) is 0. The van der Waals surface area contributed by atoms with Crippen LogP contribution in [0.1, 0.15) is 32.6 Å². The number of hydrogen-bond acceptors (Lipinski definition) is 5. The molecular formula is C9H17O9P. The van der Waals surface area contributed by atoms with E-state index in [1.54, 1.807) is 6.92 Å². The van der Waals surface area contributed by atoms with Gasteiger partial charge in [-0.15, -0.1) is 0 Å². The van der Waals surface area contributed by atoms with E-state index < -0.39 is 38.3 Å². The maximum absolute atomic E-state index is 11.5. The highest BCUT2D eigenvalue weighted by Gasteiger charge is 2.50. The molecule has 0 aromatic heterocycles. The Bertz CT molecular complexity index is 363. The third-order valence-corrected chi connectivity index (χ3v) is 4.05. The highest BCUT2D eigenvalue weighted by molar-refractivity contribution is 7.53. The SMILES string of the molecule is CCCCC(CCOC(=O)O)(OC(=O)O)P(=O)(O)O. The van der Waals surface area contributed by atoms with Crippen molar-refractivity contribution in [3.8, 4) is 0 Å². The molecule has 0 heterocycles. The van der Waals surface area contributed by atoms with Gasteiger partial charge in [-0.1, -0.05) is 13.3 Å². The molecule has 0 saturated heterocycles. The van der Waals surface area contributed by atoms with Gasteiger partial charge in [0.25, 0.3) is 0 Å². The first-order chi connectivity index (χ1) is 8.64. The summed E-state index contributed by atoms with van der Waals surface area (Å²) >= 11 is 0. The molecule has 0 bridgehead atoms. The zero-order valence-electron chi connectivity index (χ0n) is 10.3. The van der Waals surface area contributed by atoms with Crippen molar-refractivity contribution in [3.05, 3.63) is 0 Å². The van der Waals surface area contributed by atoms with Crippen LogP contribution >= 0.6 is 7.60 Å². The number of unbranched alkanes of at least 4 members (excludes halogenated alkanes) is 1. The van der Waals surface area contributed by atoms with E-state index >= 15 is 0 Å². The fraction of sp³-hybridized carbons (Fsp3) is 0.778. The van der Waals surface area contributed by atoms with Crippen LogP contribution in [0.3, 0.4) is 0 Å². The van der Waals surface area contributed by atoms with Gasteiger partial charge in [0.1, 0.15) is 0 Å². The molecule has 0 aromatic rings. The number of carbonyl (C=O) groups is 2. The van der Waals surface area contributed by atoms with Crippen LogP contribution < -0.4 is 0 Å². The van der Waals surface area contributed by atoms with E-state index in [0.29, 0.717) is 12.8 Å². The Kier molecular flexibility index (Phi) is 6.82. The van der Waals surface area contributed by atoms with E-state index in [1.165, 1.54) is 0 Å². The molecule has 1 unspecified atom stereocenters. The molecule has 0 aromatic carbocycles. The predicted octanol–water partition coefficient (Wildman–Crippen LogP) is 1.83. The maximum Gasteiger partial charge on any atom is 0.506 e. The quantitative estimate of drug-likeness (QED) is 0.388. The van der Waals surface area contributed by atoms with Crippen molar-refractivity contribution in [3.63, 3.8) is 0 Å². The summed E-state index contributed by atoms with van der Waals surface area (Å²) in [5.74, 6) is 0. The van der Waals surface area contributed by atoms with Crippen LogP contribution in [0.2, 0.25) is 0 Å². The molecule has 1 atom stereocenters. The highest BCUT2D eigenvalue weighted by Crippen LogP contribution is 2.56. The Labute approximate surface area is 109 Å². The third kappa shape index (κ3) is 5.91. The molecule has 10 heteroatoms. The summed E-state index contributed by atoms with van der Waals surface area (Å²) in [6.45, 7) is 1.18. The Morgan fingerprint density at radius 3 is 2.11 bits per heavy atom. The van der Waals surface area contributed by atoms with Crippen LogP contribution in [-0.2, 0) is 14.0 Å². The van der Waals surface area contributed by atoms with Crippen LogP contribution in [0.15, 0.2) is 0 Å². The number of ether oxygens (including phenoxy) is 2. The molecule has 0 aliphatic rings. The molecule has 0 spiro atoms. The average Bonchev–Trinajstić information content (AvgIpc) is 2.22. The molecule has 0 aliphatic heterocycles. The zero-order valence-corrected chi connectivity index (χ0v) is 11.2. The van der Waals surface area contributed by atoms with Crippen LogP contribution in [0.4, 0.5) is 9.59 Å². The molecule has 4 N–H and O–H groups in total. The lowest BCUT2D eigenvalue weighted by molar-refractivity contribution is -0.00827. The van der Waals surface area contributed by atoms with E-state index in [1.807, 2.05) is 0 Å².